The molecule has 1 aromatic heterocycles. The summed E-state index contributed by atoms with van der Waals surface area (Å²) in [5.41, 5.74) is 2.26. The first kappa shape index (κ1) is 12.2. The summed E-state index contributed by atoms with van der Waals surface area (Å²) in [6.45, 7) is 5.59. The number of fused-ring (bicyclic) bond motifs is 1. The Kier molecular flexibility index (Phi) is 4.18. The summed E-state index contributed by atoms with van der Waals surface area (Å²) >= 11 is 0. The number of hydrogen-bond donors (Lipinski definition) is 0. The number of para-hydroxylation sites is 2. The zero-order valence-electron chi connectivity index (χ0n) is 10.8. The van der Waals surface area contributed by atoms with Crippen molar-refractivity contribution in [1.82, 2.24) is 9.55 Å². The summed E-state index contributed by atoms with van der Waals surface area (Å²) in [5.74, 6) is 0.754. The van der Waals surface area contributed by atoms with Gasteiger partial charge in [-0.1, -0.05) is 45.2 Å². The van der Waals surface area contributed by atoms with Gasteiger partial charge in [0.25, 0.3) is 0 Å². The average Bonchev–Trinajstić information content (AvgIpc) is 2.78. The van der Waals surface area contributed by atoms with Crippen molar-refractivity contribution in [1.29, 1.82) is 0 Å². The van der Waals surface area contributed by atoms with E-state index in [1.54, 1.807) is 0 Å². The first-order chi connectivity index (χ1) is 8.35. The van der Waals surface area contributed by atoms with Crippen molar-refractivity contribution in [3.05, 3.63) is 30.6 Å². The van der Waals surface area contributed by atoms with Crippen LogP contribution < -0.4 is 0 Å². The van der Waals surface area contributed by atoms with Crippen molar-refractivity contribution < 1.29 is 0 Å². The molecule has 91 valence electrons. The molecule has 1 radical (unpaired) electrons. The molecule has 0 N–H and O–H groups in total. The quantitative estimate of drug-likeness (QED) is 0.730. The highest BCUT2D eigenvalue weighted by Crippen LogP contribution is 2.18. The maximum atomic E-state index is 4.32. The van der Waals surface area contributed by atoms with Crippen molar-refractivity contribution in [2.45, 2.75) is 46.1 Å². The molecule has 1 atom stereocenters. The normalized spacial score (nSPS) is 13.1. The monoisotopic (exact) mass is 229 g/mol. The minimum absolute atomic E-state index is 0.754. The van der Waals surface area contributed by atoms with Gasteiger partial charge in [0.05, 0.1) is 11.0 Å². The maximum Gasteiger partial charge on any atom is 0.177 e. The third-order valence-corrected chi connectivity index (χ3v) is 3.45. The Morgan fingerprint density at radius 2 is 2.12 bits per heavy atom. The Hall–Kier alpha value is -1.31. The Morgan fingerprint density at radius 3 is 2.88 bits per heavy atom. The van der Waals surface area contributed by atoms with E-state index in [4.69, 9.17) is 0 Å². The molecule has 0 saturated heterocycles. The Balaban J connectivity index is 2.11. The molecular formula is C15H21N2. The molecular weight excluding hydrogens is 208 g/mol. The summed E-state index contributed by atoms with van der Waals surface area (Å²) in [5, 5.41) is 0. The number of nitrogens with zero attached hydrogens (tertiary/aromatic N) is 2. The fourth-order valence-corrected chi connectivity index (χ4v) is 2.27. The van der Waals surface area contributed by atoms with Gasteiger partial charge in [-0.3, -0.25) is 0 Å². The summed E-state index contributed by atoms with van der Waals surface area (Å²) in [4.78, 5) is 4.32. The van der Waals surface area contributed by atoms with Crippen LogP contribution in [0.5, 0.6) is 0 Å². The second kappa shape index (κ2) is 5.85. The standard InChI is InChI=1S/C15H21N2/c1-3-5-8-13(4-2)11-17-12-16-14-9-6-7-10-15(14)17/h6-7,9-10,13H,3-5,8,11H2,1-2H3. The van der Waals surface area contributed by atoms with E-state index in [2.05, 4.69) is 47.9 Å². The van der Waals surface area contributed by atoms with Crippen LogP contribution in [0.25, 0.3) is 11.0 Å². The topological polar surface area (TPSA) is 17.8 Å². The van der Waals surface area contributed by atoms with Crippen LogP contribution in [0.3, 0.4) is 0 Å². The number of imidazole rings is 1. The smallest absolute Gasteiger partial charge is 0.177 e. The lowest BCUT2D eigenvalue weighted by molar-refractivity contribution is 0.394. The highest BCUT2D eigenvalue weighted by atomic mass is 15.0. The molecule has 0 fully saturated rings. The number of benzene rings is 1. The van der Waals surface area contributed by atoms with Crippen molar-refractivity contribution in [3.8, 4) is 0 Å². The predicted octanol–water partition coefficient (Wildman–Crippen LogP) is 4.05. The molecule has 2 rings (SSSR count). The zero-order chi connectivity index (χ0) is 12.1. The summed E-state index contributed by atoms with van der Waals surface area (Å²) in [6, 6.07) is 8.28. The Labute approximate surface area is 104 Å². The van der Waals surface area contributed by atoms with Crippen LogP contribution in [0, 0.1) is 12.2 Å². The summed E-state index contributed by atoms with van der Waals surface area (Å²) in [7, 11) is 0. The van der Waals surface area contributed by atoms with Crippen molar-refractivity contribution >= 4 is 11.0 Å². The lowest BCUT2D eigenvalue weighted by Gasteiger charge is -2.15. The molecule has 0 saturated carbocycles. The van der Waals surface area contributed by atoms with Crippen LogP contribution in [0.2, 0.25) is 0 Å². The van der Waals surface area contributed by atoms with Crippen LogP contribution in [-0.4, -0.2) is 9.55 Å². The first-order valence-electron chi connectivity index (χ1n) is 6.68. The van der Waals surface area contributed by atoms with E-state index in [1.807, 2.05) is 6.07 Å². The minimum atomic E-state index is 0.754. The minimum Gasteiger partial charge on any atom is -0.321 e. The molecule has 1 heterocycles. The summed E-state index contributed by atoms with van der Waals surface area (Å²) in [6.07, 6.45) is 8.28. The highest BCUT2D eigenvalue weighted by Gasteiger charge is 2.09. The van der Waals surface area contributed by atoms with Crippen LogP contribution in [0.4, 0.5) is 0 Å². The average molecular weight is 229 g/mol. The second-order valence-electron chi connectivity index (χ2n) is 4.73. The van der Waals surface area contributed by atoms with E-state index in [1.165, 1.54) is 31.2 Å². The van der Waals surface area contributed by atoms with Crippen LogP contribution >= 0.6 is 0 Å². The molecule has 0 bridgehead atoms. The molecule has 1 aromatic carbocycles. The Bertz CT molecular complexity index is 459. The molecule has 0 aliphatic rings. The van der Waals surface area contributed by atoms with E-state index >= 15 is 0 Å². The van der Waals surface area contributed by atoms with Gasteiger partial charge in [0.15, 0.2) is 6.33 Å². The van der Waals surface area contributed by atoms with E-state index in [0.717, 1.165) is 18.0 Å². The van der Waals surface area contributed by atoms with Gasteiger partial charge in [0.1, 0.15) is 0 Å². The maximum absolute atomic E-state index is 4.32. The fraction of sp³-hybridized carbons (Fsp3) is 0.533. The van der Waals surface area contributed by atoms with Crippen molar-refractivity contribution in [2.24, 2.45) is 5.92 Å². The SMILES string of the molecule is CCCCC(CC)Cn1[c]nc2ccccc21. The molecule has 0 amide bonds. The zero-order valence-corrected chi connectivity index (χ0v) is 10.8. The van der Waals surface area contributed by atoms with E-state index in [-0.39, 0.29) is 0 Å². The fourth-order valence-electron chi connectivity index (χ4n) is 2.27. The molecule has 2 heteroatoms. The van der Waals surface area contributed by atoms with E-state index < -0.39 is 0 Å². The van der Waals surface area contributed by atoms with Gasteiger partial charge in [-0.05, 0) is 24.5 Å². The van der Waals surface area contributed by atoms with Crippen molar-refractivity contribution in [3.63, 3.8) is 0 Å². The first-order valence-corrected chi connectivity index (χ1v) is 6.68. The molecule has 0 spiro atoms. The van der Waals surface area contributed by atoms with Crippen LogP contribution in [0.1, 0.15) is 39.5 Å². The number of aromatic nitrogens is 2. The van der Waals surface area contributed by atoms with Gasteiger partial charge < -0.3 is 4.57 Å². The van der Waals surface area contributed by atoms with E-state index in [9.17, 15) is 0 Å². The van der Waals surface area contributed by atoms with Gasteiger partial charge in [-0.2, -0.15) is 0 Å². The number of unbranched alkanes of at least 4 members (excludes halogenated alkanes) is 1. The number of hydrogen-bond acceptors (Lipinski definition) is 1. The predicted molar refractivity (Wildman–Crippen MR) is 71.9 cm³/mol. The molecule has 0 aliphatic carbocycles. The van der Waals surface area contributed by atoms with Crippen LogP contribution in [-0.2, 0) is 6.54 Å². The van der Waals surface area contributed by atoms with Gasteiger partial charge in [0, 0.05) is 6.54 Å². The van der Waals surface area contributed by atoms with Gasteiger partial charge >= 0.3 is 0 Å². The lowest BCUT2D eigenvalue weighted by atomic mass is 9.99. The molecule has 2 aromatic rings. The second-order valence-corrected chi connectivity index (χ2v) is 4.73. The van der Waals surface area contributed by atoms with Crippen LogP contribution in [0.15, 0.2) is 24.3 Å². The number of rotatable bonds is 6. The van der Waals surface area contributed by atoms with Gasteiger partial charge in [-0.15, -0.1) is 0 Å². The molecule has 0 aliphatic heterocycles. The molecule has 1 unspecified atom stereocenters. The molecule has 17 heavy (non-hydrogen) atoms. The highest BCUT2D eigenvalue weighted by molar-refractivity contribution is 5.74. The third kappa shape index (κ3) is 2.87. The lowest BCUT2D eigenvalue weighted by Crippen LogP contribution is -2.09. The van der Waals surface area contributed by atoms with E-state index in [0.29, 0.717) is 0 Å². The largest absolute Gasteiger partial charge is 0.321 e. The summed E-state index contributed by atoms with van der Waals surface area (Å²) < 4.78 is 2.18. The van der Waals surface area contributed by atoms with Crippen molar-refractivity contribution in [2.75, 3.05) is 0 Å². The van der Waals surface area contributed by atoms with Gasteiger partial charge in [-0.25, -0.2) is 4.98 Å². The molecule has 2 nitrogen and oxygen atoms in total. The third-order valence-electron chi connectivity index (χ3n) is 3.45. The Morgan fingerprint density at radius 1 is 1.29 bits per heavy atom. The van der Waals surface area contributed by atoms with Gasteiger partial charge in [0.2, 0.25) is 0 Å².